The normalized spacial score (nSPS) is 22.7. The summed E-state index contributed by atoms with van der Waals surface area (Å²) in [6, 6.07) is 12.0. The van der Waals surface area contributed by atoms with E-state index in [1.165, 1.54) is 4.88 Å². The molecule has 1 aromatic heterocycles. The van der Waals surface area contributed by atoms with E-state index in [1.807, 2.05) is 24.3 Å². The molecule has 0 amide bonds. The zero-order valence-corrected chi connectivity index (χ0v) is 12.1. The lowest BCUT2D eigenvalue weighted by Gasteiger charge is -2.20. The second-order valence-electron chi connectivity index (χ2n) is 4.15. The van der Waals surface area contributed by atoms with Gasteiger partial charge in [0.15, 0.2) is 0 Å². The predicted molar refractivity (Wildman–Crippen MR) is 80.4 cm³/mol. The zero-order chi connectivity index (χ0) is 12.6. The Labute approximate surface area is 119 Å². The average Bonchev–Trinajstić information content (AvgIpc) is 3.00. The van der Waals surface area contributed by atoms with Gasteiger partial charge in [-0.3, -0.25) is 5.43 Å². The molecule has 0 spiro atoms. The summed E-state index contributed by atoms with van der Waals surface area (Å²) in [6.07, 6.45) is 0. The molecule has 2 heterocycles. The Bertz CT molecular complexity index is 578. The predicted octanol–water partition coefficient (Wildman–Crippen LogP) is 4.27. The topological polar surface area (TPSA) is 24.4 Å². The molecule has 0 saturated carbocycles. The van der Waals surface area contributed by atoms with Gasteiger partial charge in [-0.15, -0.1) is 11.3 Å². The van der Waals surface area contributed by atoms with Crippen molar-refractivity contribution in [3.05, 3.63) is 57.2 Å². The highest BCUT2D eigenvalue weighted by Crippen LogP contribution is 2.41. The van der Waals surface area contributed by atoms with Gasteiger partial charge in [0.1, 0.15) is 9.91 Å². The van der Waals surface area contributed by atoms with E-state index < -0.39 is 0 Å². The van der Waals surface area contributed by atoms with E-state index in [-0.39, 0.29) is 4.87 Å². The van der Waals surface area contributed by atoms with Crippen molar-refractivity contribution in [2.24, 2.45) is 5.10 Å². The van der Waals surface area contributed by atoms with Crippen molar-refractivity contribution >= 4 is 39.7 Å². The first-order valence-electron chi connectivity index (χ1n) is 5.51. The average molecular weight is 295 g/mol. The number of hydrogen-bond donors (Lipinski definition) is 1. The van der Waals surface area contributed by atoms with E-state index in [2.05, 4.69) is 35.0 Å². The van der Waals surface area contributed by atoms with E-state index in [0.29, 0.717) is 0 Å². The number of thioether (sulfide) groups is 1. The van der Waals surface area contributed by atoms with Crippen molar-refractivity contribution in [3.8, 4) is 0 Å². The van der Waals surface area contributed by atoms with Gasteiger partial charge >= 0.3 is 0 Å². The summed E-state index contributed by atoms with van der Waals surface area (Å²) >= 11 is 9.37. The summed E-state index contributed by atoms with van der Waals surface area (Å²) in [6.45, 7) is 2.15. The van der Waals surface area contributed by atoms with E-state index in [4.69, 9.17) is 11.6 Å². The second kappa shape index (κ2) is 4.61. The van der Waals surface area contributed by atoms with Crippen molar-refractivity contribution in [3.63, 3.8) is 0 Å². The standard InChI is InChI=1S/C13H11ClN2S2/c1-13(11-3-2-8-17-11)16-15-12(18-13)9-4-6-10(14)7-5-9/h2-8,16H,1H3. The Hall–Kier alpha value is -0.970. The summed E-state index contributed by atoms with van der Waals surface area (Å²) in [5, 5.41) is 8.27. The highest BCUT2D eigenvalue weighted by atomic mass is 35.5. The maximum absolute atomic E-state index is 5.89. The number of thiophene rings is 1. The first kappa shape index (κ1) is 12.1. The summed E-state index contributed by atoms with van der Waals surface area (Å²) < 4.78 is 0. The fourth-order valence-corrected chi connectivity index (χ4v) is 3.89. The Morgan fingerprint density at radius 1 is 1.22 bits per heavy atom. The summed E-state index contributed by atoms with van der Waals surface area (Å²) in [7, 11) is 0. The first-order valence-corrected chi connectivity index (χ1v) is 7.59. The van der Waals surface area contributed by atoms with Crippen LogP contribution in [0.5, 0.6) is 0 Å². The molecule has 18 heavy (non-hydrogen) atoms. The molecule has 0 fully saturated rings. The monoisotopic (exact) mass is 294 g/mol. The van der Waals surface area contributed by atoms with Gasteiger partial charge in [-0.1, -0.05) is 41.6 Å². The van der Waals surface area contributed by atoms with Crippen molar-refractivity contribution < 1.29 is 0 Å². The van der Waals surface area contributed by atoms with Gasteiger partial charge in [-0.05, 0) is 30.5 Å². The van der Waals surface area contributed by atoms with Gasteiger partial charge < -0.3 is 0 Å². The van der Waals surface area contributed by atoms with Gasteiger partial charge in [0.2, 0.25) is 0 Å². The molecule has 0 saturated heterocycles. The molecule has 1 aliphatic heterocycles. The molecule has 0 bridgehead atoms. The van der Waals surface area contributed by atoms with Crippen LogP contribution in [0, 0.1) is 0 Å². The number of rotatable bonds is 2. The lowest BCUT2D eigenvalue weighted by Crippen LogP contribution is -2.27. The Morgan fingerprint density at radius 2 is 2.00 bits per heavy atom. The molecule has 1 unspecified atom stereocenters. The van der Waals surface area contributed by atoms with E-state index in [9.17, 15) is 0 Å². The third kappa shape index (κ3) is 2.16. The molecule has 3 rings (SSSR count). The van der Waals surface area contributed by atoms with Crippen LogP contribution in [-0.4, -0.2) is 5.04 Å². The van der Waals surface area contributed by atoms with Crippen LogP contribution in [0.1, 0.15) is 17.4 Å². The molecular weight excluding hydrogens is 284 g/mol. The minimum atomic E-state index is -0.164. The molecule has 2 aromatic rings. The van der Waals surface area contributed by atoms with Crippen molar-refractivity contribution in [1.82, 2.24) is 5.43 Å². The number of hydrogen-bond acceptors (Lipinski definition) is 4. The minimum Gasteiger partial charge on any atom is -0.287 e. The molecule has 1 aliphatic rings. The lowest BCUT2D eigenvalue weighted by atomic mass is 10.2. The van der Waals surface area contributed by atoms with Crippen LogP contribution in [0.3, 0.4) is 0 Å². The van der Waals surface area contributed by atoms with Crippen LogP contribution in [0.15, 0.2) is 46.9 Å². The largest absolute Gasteiger partial charge is 0.287 e. The molecule has 1 N–H and O–H groups in total. The number of nitrogens with one attached hydrogen (secondary N) is 1. The van der Waals surface area contributed by atoms with Gasteiger partial charge in [-0.25, -0.2) is 0 Å². The van der Waals surface area contributed by atoms with Crippen molar-refractivity contribution in [1.29, 1.82) is 0 Å². The maximum Gasteiger partial charge on any atom is 0.137 e. The third-order valence-electron chi connectivity index (χ3n) is 2.75. The van der Waals surface area contributed by atoms with E-state index in [1.54, 1.807) is 23.1 Å². The molecule has 1 atom stereocenters. The van der Waals surface area contributed by atoms with Crippen molar-refractivity contribution in [2.75, 3.05) is 0 Å². The Balaban J connectivity index is 1.84. The second-order valence-corrected chi connectivity index (χ2v) is 6.94. The van der Waals surface area contributed by atoms with Crippen LogP contribution in [0.2, 0.25) is 5.02 Å². The number of hydrazone groups is 1. The Kier molecular flexibility index (Phi) is 3.09. The van der Waals surface area contributed by atoms with Gasteiger partial charge in [-0.2, -0.15) is 5.10 Å². The molecule has 2 nitrogen and oxygen atoms in total. The summed E-state index contributed by atoms with van der Waals surface area (Å²) in [5.74, 6) is 0. The molecule has 5 heteroatoms. The van der Waals surface area contributed by atoms with Gasteiger partial charge in [0, 0.05) is 15.5 Å². The molecule has 0 aliphatic carbocycles. The lowest BCUT2D eigenvalue weighted by molar-refractivity contribution is 0.573. The zero-order valence-electron chi connectivity index (χ0n) is 9.68. The summed E-state index contributed by atoms with van der Waals surface area (Å²) in [4.78, 5) is 1.11. The quantitative estimate of drug-likeness (QED) is 0.894. The number of benzene rings is 1. The van der Waals surface area contributed by atoms with Crippen LogP contribution >= 0.6 is 34.7 Å². The van der Waals surface area contributed by atoms with Gasteiger partial charge in [0.25, 0.3) is 0 Å². The van der Waals surface area contributed by atoms with E-state index in [0.717, 1.165) is 15.6 Å². The van der Waals surface area contributed by atoms with Crippen molar-refractivity contribution in [2.45, 2.75) is 11.8 Å². The van der Waals surface area contributed by atoms with Gasteiger partial charge in [0.05, 0.1) is 0 Å². The first-order chi connectivity index (χ1) is 8.67. The van der Waals surface area contributed by atoms with Crippen LogP contribution < -0.4 is 5.43 Å². The molecule has 0 radical (unpaired) electrons. The van der Waals surface area contributed by atoms with Crippen LogP contribution in [0.25, 0.3) is 0 Å². The number of nitrogens with zero attached hydrogens (tertiary/aromatic N) is 1. The Morgan fingerprint density at radius 3 is 2.67 bits per heavy atom. The van der Waals surface area contributed by atoms with Crippen LogP contribution in [0.4, 0.5) is 0 Å². The number of halogens is 1. The smallest absolute Gasteiger partial charge is 0.137 e. The molecule has 92 valence electrons. The fraction of sp³-hybridized carbons (Fsp3) is 0.154. The van der Waals surface area contributed by atoms with Crippen LogP contribution in [-0.2, 0) is 4.87 Å². The highest BCUT2D eigenvalue weighted by molar-refractivity contribution is 8.15. The minimum absolute atomic E-state index is 0.164. The molecular formula is C13H11ClN2S2. The fourth-order valence-electron chi connectivity index (χ4n) is 1.77. The highest BCUT2D eigenvalue weighted by Gasteiger charge is 2.35. The SMILES string of the molecule is CC1(c2cccs2)NN=C(c2ccc(Cl)cc2)S1. The maximum atomic E-state index is 5.89. The van der Waals surface area contributed by atoms with E-state index >= 15 is 0 Å². The summed E-state index contributed by atoms with van der Waals surface area (Å²) in [5.41, 5.74) is 4.32. The third-order valence-corrected chi connectivity index (χ3v) is 5.47. The molecule has 1 aromatic carbocycles.